The van der Waals surface area contributed by atoms with Crippen molar-refractivity contribution in [2.45, 2.75) is 46.6 Å². The van der Waals surface area contributed by atoms with E-state index in [1.54, 1.807) is 17.5 Å². The molecule has 2 aromatic heterocycles. The molecule has 2 rings (SSSR count). The first-order valence-electron chi connectivity index (χ1n) is 6.36. The van der Waals surface area contributed by atoms with Gasteiger partial charge in [-0.3, -0.25) is 0 Å². The van der Waals surface area contributed by atoms with Crippen LogP contribution in [0, 0.1) is 13.8 Å². The van der Waals surface area contributed by atoms with Gasteiger partial charge in [0, 0.05) is 16.5 Å². The van der Waals surface area contributed by atoms with Crippen molar-refractivity contribution in [2.75, 3.05) is 5.32 Å². The van der Waals surface area contributed by atoms with Gasteiger partial charge in [-0.2, -0.15) is 0 Å². The lowest BCUT2D eigenvalue weighted by atomic mass is 9.96. The van der Waals surface area contributed by atoms with Crippen molar-refractivity contribution in [1.29, 1.82) is 0 Å². The van der Waals surface area contributed by atoms with Crippen LogP contribution < -0.4 is 5.32 Å². The van der Waals surface area contributed by atoms with Gasteiger partial charge < -0.3 is 5.32 Å². The molecule has 5 heteroatoms. The van der Waals surface area contributed by atoms with Crippen molar-refractivity contribution in [1.82, 2.24) is 15.0 Å². The molecule has 0 aliphatic rings. The van der Waals surface area contributed by atoms with Gasteiger partial charge in [0.05, 0.1) is 17.2 Å². The lowest BCUT2D eigenvalue weighted by Gasteiger charge is -2.17. The van der Waals surface area contributed by atoms with Gasteiger partial charge in [-0.1, -0.05) is 20.8 Å². The largest absolute Gasteiger partial charge is 0.364 e. The fraction of sp³-hybridized carbons (Fsp3) is 0.500. The Morgan fingerprint density at radius 2 is 1.95 bits per heavy atom. The predicted molar refractivity (Wildman–Crippen MR) is 79.6 cm³/mol. The summed E-state index contributed by atoms with van der Waals surface area (Å²) in [5.74, 6) is 1.70. The number of nitrogens with zero attached hydrogens (tertiary/aromatic N) is 3. The van der Waals surface area contributed by atoms with Crippen LogP contribution in [0.2, 0.25) is 0 Å². The van der Waals surface area contributed by atoms with Crippen LogP contribution in [0.25, 0.3) is 0 Å². The van der Waals surface area contributed by atoms with Crippen molar-refractivity contribution >= 4 is 17.2 Å². The number of thiazole rings is 1. The van der Waals surface area contributed by atoms with Gasteiger partial charge in [0.25, 0.3) is 0 Å². The van der Waals surface area contributed by atoms with Gasteiger partial charge >= 0.3 is 0 Å². The summed E-state index contributed by atoms with van der Waals surface area (Å²) in [5, 5.41) is 4.42. The Balaban J connectivity index is 2.10. The van der Waals surface area contributed by atoms with Crippen LogP contribution in [-0.4, -0.2) is 15.0 Å². The first-order chi connectivity index (χ1) is 8.86. The first kappa shape index (κ1) is 13.9. The quantitative estimate of drug-likeness (QED) is 0.932. The SMILES string of the molecule is Cc1nc(CNc2ccnc(C(C)(C)C)n2)c(C)s1. The summed E-state index contributed by atoms with van der Waals surface area (Å²) < 4.78 is 0. The molecule has 0 aromatic carbocycles. The molecule has 0 atom stereocenters. The molecule has 0 aliphatic heterocycles. The number of nitrogens with one attached hydrogen (secondary N) is 1. The second kappa shape index (κ2) is 5.25. The van der Waals surface area contributed by atoms with E-state index < -0.39 is 0 Å². The summed E-state index contributed by atoms with van der Waals surface area (Å²) in [7, 11) is 0. The predicted octanol–water partition coefficient (Wildman–Crippen LogP) is 3.46. The average Bonchev–Trinajstić information content (AvgIpc) is 2.64. The standard InChI is InChI=1S/C14H20N4S/c1-9-11(17-10(2)19-9)8-16-12-6-7-15-13(18-12)14(3,4)5/h6-7H,8H2,1-5H3,(H,15,16,18). The molecule has 102 valence electrons. The molecular formula is C14H20N4S. The van der Waals surface area contributed by atoms with Crippen LogP contribution >= 0.6 is 11.3 Å². The summed E-state index contributed by atoms with van der Waals surface area (Å²) in [6.45, 7) is 11.2. The Morgan fingerprint density at radius 1 is 1.21 bits per heavy atom. The van der Waals surface area contributed by atoms with Crippen LogP contribution in [0.15, 0.2) is 12.3 Å². The molecule has 0 bridgehead atoms. The fourth-order valence-corrected chi connectivity index (χ4v) is 2.56. The van der Waals surface area contributed by atoms with Crippen molar-refractivity contribution in [2.24, 2.45) is 0 Å². The van der Waals surface area contributed by atoms with Gasteiger partial charge in [0.15, 0.2) is 0 Å². The van der Waals surface area contributed by atoms with E-state index in [4.69, 9.17) is 0 Å². The van der Waals surface area contributed by atoms with Gasteiger partial charge in [-0.25, -0.2) is 15.0 Å². The monoisotopic (exact) mass is 276 g/mol. The zero-order chi connectivity index (χ0) is 14.0. The molecule has 1 N–H and O–H groups in total. The fourth-order valence-electron chi connectivity index (χ4n) is 1.73. The highest BCUT2D eigenvalue weighted by Gasteiger charge is 2.17. The zero-order valence-electron chi connectivity index (χ0n) is 12.1. The molecule has 0 saturated heterocycles. The molecule has 0 saturated carbocycles. The molecule has 0 fully saturated rings. The molecule has 0 aliphatic carbocycles. The van der Waals surface area contributed by atoms with E-state index in [1.807, 2.05) is 13.0 Å². The average molecular weight is 276 g/mol. The minimum atomic E-state index is -0.0369. The second-order valence-corrected chi connectivity index (χ2v) is 7.01. The maximum Gasteiger partial charge on any atom is 0.135 e. The van der Waals surface area contributed by atoms with E-state index >= 15 is 0 Å². The topological polar surface area (TPSA) is 50.7 Å². The molecule has 2 heterocycles. The Hall–Kier alpha value is -1.49. The molecular weight excluding hydrogens is 256 g/mol. The lowest BCUT2D eigenvalue weighted by molar-refractivity contribution is 0.546. The highest BCUT2D eigenvalue weighted by Crippen LogP contribution is 2.20. The minimum Gasteiger partial charge on any atom is -0.364 e. The summed E-state index contributed by atoms with van der Waals surface area (Å²) in [5.41, 5.74) is 1.06. The maximum absolute atomic E-state index is 4.55. The molecule has 4 nitrogen and oxygen atoms in total. The van der Waals surface area contributed by atoms with Gasteiger partial charge in [0.1, 0.15) is 11.6 Å². The van der Waals surface area contributed by atoms with E-state index in [9.17, 15) is 0 Å². The van der Waals surface area contributed by atoms with E-state index in [2.05, 4.69) is 48.0 Å². The third kappa shape index (κ3) is 3.50. The highest BCUT2D eigenvalue weighted by atomic mass is 32.1. The van der Waals surface area contributed by atoms with Crippen molar-refractivity contribution < 1.29 is 0 Å². The first-order valence-corrected chi connectivity index (χ1v) is 7.18. The van der Waals surface area contributed by atoms with Gasteiger partial charge in [-0.05, 0) is 19.9 Å². The third-order valence-electron chi connectivity index (χ3n) is 2.76. The van der Waals surface area contributed by atoms with Crippen LogP contribution in [0.5, 0.6) is 0 Å². The molecule has 0 unspecified atom stereocenters. The zero-order valence-corrected chi connectivity index (χ0v) is 12.9. The lowest BCUT2D eigenvalue weighted by Crippen LogP contribution is -2.17. The number of aromatic nitrogens is 3. The molecule has 0 spiro atoms. The number of rotatable bonds is 3. The minimum absolute atomic E-state index is 0.0369. The smallest absolute Gasteiger partial charge is 0.135 e. The molecule has 0 amide bonds. The highest BCUT2D eigenvalue weighted by molar-refractivity contribution is 7.11. The maximum atomic E-state index is 4.55. The van der Waals surface area contributed by atoms with E-state index in [0.29, 0.717) is 6.54 Å². The summed E-state index contributed by atoms with van der Waals surface area (Å²) in [4.78, 5) is 14.6. The van der Waals surface area contributed by atoms with Crippen LogP contribution in [0.3, 0.4) is 0 Å². The number of aryl methyl sites for hydroxylation is 2. The van der Waals surface area contributed by atoms with Crippen LogP contribution in [-0.2, 0) is 12.0 Å². The van der Waals surface area contributed by atoms with Crippen molar-refractivity contribution in [3.05, 3.63) is 33.7 Å². The number of hydrogen-bond acceptors (Lipinski definition) is 5. The summed E-state index contributed by atoms with van der Waals surface area (Å²) >= 11 is 1.73. The molecule has 19 heavy (non-hydrogen) atoms. The van der Waals surface area contributed by atoms with Crippen molar-refractivity contribution in [3.63, 3.8) is 0 Å². The normalized spacial score (nSPS) is 11.6. The van der Waals surface area contributed by atoms with E-state index in [0.717, 1.165) is 22.3 Å². The number of anilines is 1. The Labute approximate surface area is 118 Å². The van der Waals surface area contributed by atoms with Gasteiger partial charge in [0.2, 0.25) is 0 Å². The molecule has 2 aromatic rings. The van der Waals surface area contributed by atoms with Crippen LogP contribution in [0.4, 0.5) is 5.82 Å². The Morgan fingerprint density at radius 3 is 2.53 bits per heavy atom. The summed E-state index contributed by atoms with van der Waals surface area (Å²) in [6.07, 6.45) is 1.80. The molecule has 0 radical (unpaired) electrons. The third-order valence-corrected chi connectivity index (χ3v) is 3.69. The Bertz CT molecular complexity index is 569. The Kier molecular flexibility index (Phi) is 3.85. The van der Waals surface area contributed by atoms with Gasteiger partial charge in [-0.15, -0.1) is 11.3 Å². The van der Waals surface area contributed by atoms with E-state index in [-0.39, 0.29) is 5.41 Å². The second-order valence-electron chi connectivity index (χ2n) is 5.60. The summed E-state index contributed by atoms with van der Waals surface area (Å²) in [6, 6.07) is 1.89. The van der Waals surface area contributed by atoms with E-state index in [1.165, 1.54) is 4.88 Å². The van der Waals surface area contributed by atoms with Crippen LogP contribution in [0.1, 0.15) is 42.2 Å². The number of hydrogen-bond donors (Lipinski definition) is 1. The van der Waals surface area contributed by atoms with Crippen molar-refractivity contribution in [3.8, 4) is 0 Å².